The maximum Gasteiger partial charge on any atom is 0.412 e. The average molecular weight is 467 g/mol. The number of rotatable bonds is 7. The second-order valence-corrected chi connectivity index (χ2v) is 8.84. The van der Waals surface area contributed by atoms with Crippen molar-refractivity contribution in [2.45, 2.75) is 31.3 Å². The first-order valence-corrected chi connectivity index (χ1v) is 11.5. The number of aromatic nitrogens is 1. The molecule has 0 aliphatic heterocycles. The summed E-state index contributed by atoms with van der Waals surface area (Å²) < 4.78 is 10.9. The van der Waals surface area contributed by atoms with Crippen LogP contribution in [0.5, 0.6) is 0 Å². The topological polar surface area (TPSA) is 84.6 Å². The second-order valence-electron chi connectivity index (χ2n) is 8.84. The highest BCUT2D eigenvalue weighted by atomic mass is 16.6. The number of anilines is 1. The first kappa shape index (κ1) is 22.5. The molecule has 0 radical (unpaired) electrons. The Bertz CT molecular complexity index is 1340. The smallest absolute Gasteiger partial charge is 0.412 e. The molecule has 1 heterocycles. The number of aliphatic hydroxyl groups is 1. The van der Waals surface area contributed by atoms with E-state index in [0.717, 1.165) is 40.7 Å². The fourth-order valence-electron chi connectivity index (χ4n) is 4.29. The molecular weight excluding hydrogens is 440 g/mol. The van der Waals surface area contributed by atoms with E-state index in [0.29, 0.717) is 11.4 Å². The highest BCUT2D eigenvalue weighted by Crippen LogP contribution is 2.52. The molecule has 6 heteroatoms. The Labute approximate surface area is 203 Å². The maximum absolute atomic E-state index is 12.4. The fraction of sp³-hybridized carbons (Fsp3) is 0.172. The zero-order valence-corrected chi connectivity index (χ0v) is 19.4. The number of nitrogens with zero attached hydrogens (tertiary/aromatic N) is 1. The van der Waals surface area contributed by atoms with Gasteiger partial charge >= 0.3 is 6.09 Å². The van der Waals surface area contributed by atoms with Crippen molar-refractivity contribution in [2.24, 2.45) is 0 Å². The van der Waals surface area contributed by atoms with Crippen LogP contribution in [0, 0.1) is 0 Å². The van der Waals surface area contributed by atoms with Gasteiger partial charge < -0.3 is 14.4 Å². The van der Waals surface area contributed by atoms with Crippen LogP contribution in [0.25, 0.3) is 22.5 Å². The normalized spacial score (nSPS) is 14.7. The number of aliphatic hydroxyl groups excluding tert-OH is 1. The molecular formula is C29H26N2O4. The summed E-state index contributed by atoms with van der Waals surface area (Å²) in [4.78, 5) is 12.4. The minimum absolute atomic E-state index is 0.240. The zero-order valence-electron chi connectivity index (χ0n) is 19.4. The van der Waals surface area contributed by atoms with Crippen molar-refractivity contribution in [3.8, 4) is 22.5 Å². The van der Waals surface area contributed by atoms with Crippen LogP contribution in [-0.2, 0) is 10.2 Å². The molecule has 6 nitrogen and oxygen atoms in total. The monoisotopic (exact) mass is 466 g/mol. The summed E-state index contributed by atoms with van der Waals surface area (Å²) in [6.45, 7) is 5.56. The second kappa shape index (κ2) is 9.14. The van der Waals surface area contributed by atoms with Gasteiger partial charge in [-0.25, -0.2) is 4.79 Å². The van der Waals surface area contributed by atoms with Crippen LogP contribution in [0.2, 0.25) is 0 Å². The van der Waals surface area contributed by atoms with Crippen molar-refractivity contribution in [2.75, 3.05) is 5.32 Å². The van der Waals surface area contributed by atoms with Crippen LogP contribution in [0.1, 0.15) is 37.0 Å². The van der Waals surface area contributed by atoms with Gasteiger partial charge in [-0.05, 0) is 42.0 Å². The first-order valence-electron chi connectivity index (χ1n) is 11.5. The van der Waals surface area contributed by atoms with Gasteiger partial charge in [0.2, 0.25) is 0 Å². The number of hydrogen-bond acceptors (Lipinski definition) is 5. The van der Waals surface area contributed by atoms with Crippen molar-refractivity contribution < 1.29 is 19.2 Å². The molecule has 0 spiro atoms. The molecule has 1 aliphatic rings. The Hall–Kier alpha value is -4.32. The van der Waals surface area contributed by atoms with Crippen molar-refractivity contribution in [1.82, 2.24) is 5.16 Å². The van der Waals surface area contributed by atoms with E-state index in [2.05, 4.69) is 41.3 Å². The lowest BCUT2D eigenvalue weighted by Crippen LogP contribution is -2.16. The summed E-state index contributed by atoms with van der Waals surface area (Å²) >= 11 is 0. The van der Waals surface area contributed by atoms with Gasteiger partial charge in [-0.15, -0.1) is 0 Å². The zero-order chi connectivity index (χ0) is 24.4. The first-order chi connectivity index (χ1) is 17.0. The van der Waals surface area contributed by atoms with E-state index in [9.17, 15) is 9.90 Å². The Morgan fingerprint density at radius 1 is 1.00 bits per heavy atom. The van der Waals surface area contributed by atoms with E-state index in [1.165, 1.54) is 6.20 Å². The van der Waals surface area contributed by atoms with Gasteiger partial charge in [0.1, 0.15) is 11.8 Å². The third-order valence-electron chi connectivity index (χ3n) is 6.58. The summed E-state index contributed by atoms with van der Waals surface area (Å²) in [5.74, 6) is 0.692. The molecule has 0 bridgehead atoms. The van der Waals surface area contributed by atoms with Crippen LogP contribution in [0.15, 0.2) is 102 Å². The number of ether oxygens (including phenoxy) is 1. The quantitative estimate of drug-likeness (QED) is 0.277. The van der Waals surface area contributed by atoms with E-state index in [1.54, 1.807) is 0 Å². The number of benzene rings is 3. The maximum atomic E-state index is 12.4. The SMILES string of the molecule is C=C(O)C1(c2ccc(-c3ccc(-c4oncc4NC(=O)O[C@H](C)c4ccccc4)cc3)cc2)CC1. The lowest BCUT2D eigenvalue weighted by molar-refractivity contribution is 0.121. The van der Waals surface area contributed by atoms with Crippen LogP contribution < -0.4 is 5.32 Å². The van der Waals surface area contributed by atoms with Crippen LogP contribution in [0.4, 0.5) is 10.5 Å². The molecule has 3 aromatic carbocycles. The standard InChI is InChI=1S/C29H26N2O4/c1-19(21-6-4-3-5-7-21)34-28(33)31-26-18-30-35-27(26)24-10-8-22(9-11-24)23-12-14-25(15-13-23)29(16-17-29)20(2)32/h3-15,18-19,32H,2,16-17H2,1H3,(H,31,33)/t19-/m1/s1. The molecule has 4 aromatic rings. The largest absolute Gasteiger partial charge is 0.512 e. The molecule has 1 amide bonds. The lowest BCUT2D eigenvalue weighted by Gasteiger charge is -2.14. The molecule has 2 N–H and O–H groups in total. The van der Waals surface area contributed by atoms with E-state index >= 15 is 0 Å². The number of hydrogen-bond donors (Lipinski definition) is 2. The fourth-order valence-corrected chi connectivity index (χ4v) is 4.29. The molecule has 1 aliphatic carbocycles. The number of carbonyl (C=O) groups is 1. The van der Waals surface area contributed by atoms with Gasteiger partial charge in [0.15, 0.2) is 5.76 Å². The van der Waals surface area contributed by atoms with Gasteiger partial charge in [-0.1, -0.05) is 90.6 Å². The summed E-state index contributed by atoms with van der Waals surface area (Å²) in [7, 11) is 0. The highest BCUT2D eigenvalue weighted by Gasteiger charge is 2.47. The van der Waals surface area contributed by atoms with E-state index in [1.807, 2.05) is 61.5 Å². The predicted octanol–water partition coefficient (Wildman–Crippen LogP) is 7.42. The molecule has 5 rings (SSSR count). The number of nitrogens with one attached hydrogen (secondary N) is 1. The van der Waals surface area contributed by atoms with Crippen LogP contribution >= 0.6 is 0 Å². The molecule has 0 saturated heterocycles. The Morgan fingerprint density at radius 2 is 1.60 bits per heavy atom. The average Bonchev–Trinajstić information content (AvgIpc) is 3.58. The molecule has 176 valence electrons. The minimum Gasteiger partial charge on any atom is -0.512 e. The van der Waals surface area contributed by atoms with Crippen molar-refractivity contribution in [3.63, 3.8) is 0 Å². The van der Waals surface area contributed by atoms with Gasteiger partial charge in [-0.3, -0.25) is 5.32 Å². The predicted molar refractivity (Wildman–Crippen MR) is 135 cm³/mol. The van der Waals surface area contributed by atoms with Gasteiger partial charge in [-0.2, -0.15) is 0 Å². The third-order valence-corrected chi connectivity index (χ3v) is 6.58. The van der Waals surface area contributed by atoms with Gasteiger partial charge in [0.25, 0.3) is 0 Å². The summed E-state index contributed by atoms with van der Waals surface area (Å²) in [5.41, 5.74) is 5.06. The molecule has 1 atom stereocenters. The lowest BCUT2D eigenvalue weighted by atomic mass is 9.92. The Balaban J connectivity index is 1.27. The molecule has 35 heavy (non-hydrogen) atoms. The van der Waals surface area contributed by atoms with E-state index < -0.39 is 12.2 Å². The molecule has 0 unspecified atom stereocenters. The van der Waals surface area contributed by atoms with Crippen molar-refractivity contribution >= 4 is 11.8 Å². The number of amides is 1. The highest BCUT2D eigenvalue weighted by molar-refractivity contribution is 5.89. The molecule has 1 saturated carbocycles. The van der Waals surface area contributed by atoms with E-state index in [4.69, 9.17) is 9.26 Å². The van der Waals surface area contributed by atoms with Gasteiger partial charge in [0, 0.05) is 5.56 Å². The summed E-state index contributed by atoms with van der Waals surface area (Å²) in [6, 6.07) is 25.6. The van der Waals surface area contributed by atoms with Gasteiger partial charge in [0.05, 0.1) is 17.4 Å². The van der Waals surface area contributed by atoms with Crippen molar-refractivity contribution in [1.29, 1.82) is 0 Å². The van der Waals surface area contributed by atoms with Crippen molar-refractivity contribution in [3.05, 3.63) is 109 Å². The third kappa shape index (κ3) is 4.55. The minimum atomic E-state index is -0.582. The summed E-state index contributed by atoms with van der Waals surface area (Å²) in [5, 5.41) is 16.5. The van der Waals surface area contributed by atoms with Crippen LogP contribution in [-0.4, -0.2) is 16.4 Å². The Morgan fingerprint density at radius 3 is 2.20 bits per heavy atom. The summed E-state index contributed by atoms with van der Waals surface area (Å²) in [6.07, 6.45) is 2.35. The number of carbonyl (C=O) groups excluding carboxylic acids is 1. The molecule has 1 fully saturated rings. The van der Waals surface area contributed by atoms with Crippen LogP contribution in [0.3, 0.4) is 0 Å². The molecule has 1 aromatic heterocycles. The van der Waals surface area contributed by atoms with E-state index in [-0.39, 0.29) is 11.2 Å². The number of allylic oxidation sites excluding steroid dienone is 1. The Kier molecular flexibility index (Phi) is 5.87.